The Labute approximate surface area is 123 Å². The van der Waals surface area contributed by atoms with Gasteiger partial charge in [0.15, 0.2) is 5.69 Å². The minimum absolute atomic E-state index is 0.147. The molecule has 0 amide bonds. The number of H-pyrrole nitrogens is 1. The van der Waals surface area contributed by atoms with Gasteiger partial charge >= 0.3 is 6.18 Å². The Morgan fingerprint density at radius 3 is 2.41 bits per heavy atom. The summed E-state index contributed by atoms with van der Waals surface area (Å²) in [5.74, 6) is 0. The second kappa shape index (κ2) is 5.21. The van der Waals surface area contributed by atoms with Crippen LogP contribution in [-0.2, 0) is 6.18 Å². The van der Waals surface area contributed by atoms with Crippen molar-refractivity contribution in [2.75, 3.05) is 0 Å². The molecule has 3 aromatic rings. The van der Waals surface area contributed by atoms with E-state index in [-0.39, 0.29) is 11.4 Å². The average Bonchev–Trinajstić information content (AvgIpc) is 2.98. The van der Waals surface area contributed by atoms with E-state index in [4.69, 9.17) is 0 Å². The molecule has 0 unspecified atom stereocenters. The largest absolute Gasteiger partial charge is 0.435 e. The summed E-state index contributed by atoms with van der Waals surface area (Å²) >= 11 is 0. The Morgan fingerprint density at radius 1 is 1.00 bits per heavy atom. The lowest BCUT2D eigenvalue weighted by Crippen LogP contribution is -2.04. The number of nitrogens with zero attached hydrogens (tertiary/aromatic N) is 4. The molecule has 0 saturated carbocycles. The van der Waals surface area contributed by atoms with Crippen LogP contribution in [0.4, 0.5) is 13.2 Å². The summed E-state index contributed by atoms with van der Waals surface area (Å²) in [6, 6.07) is 4.54. The molecule has 0 aliphatic heterocycles. The van der Waals surface area contributed by atoms with E-state index in [9.17, 15) is 13.2 Å². The van der Waals surface area contributed by atoms with Crippen molar-refractivity contribution in [2.24, 2.45) is 0 Å². The van der Waals surface area contributed by atoms with Gasteiger partial charge in [0.2, 0.25) is 0 Å². The maximum atomic E-state index is 12.6. The molecule has 0 fully saturated rings. The van der Waals surface area contributed by atoms with Crippen LogP contribution in [0, 0.1) is 6.92 Å². The molecule has 3 rings (SSSR count). The SMILES string of the molecule is Cc1ccc(-c2cncc(-c3cc(C(F)(F)F)n[nH]3)n2)nc1. The maximum absolute atomic E-state index is 12.6. The molecule has 5 nitrogen and oxygen atoms in total. The lowest BCUT2D eigenvalue weighted by Gasteiger charge is -2.02. The predicted molar refractivity (Wildman–Crippen MR) is 72.6 cm³/mol. The summed E-state index contributed by atoms with van der Waals surface area (Å²) < 4.78 is 37.7. The number of aromatic nitrogens is 5. The van der Waals surface area contributed by atoms with Crippen molar-refractivity contribution in [1.82, 2.24) is 25.1 Å². The van der Waals surface area contributed by atoms with E-state index in [1.54, 1.807) is 12.3 Å². The maximum Gasteiger partial charge on any atom is 0.435 e. The van der Waals surface area contributed by atoms with Gasteiger partial charge in [-0.2, -0.15) is 18.3 Å². The van der Waals surface area contributed by atoms with Crippen LogP contribution in [0.1, 0.15) is 11.3 Å². The third-order valence-corrected chi connectivity index (χ3v) is 2.95. The lowest BCUT2D eigenvalue weighted by molar-refractivity contribution is -0.141. The Bertz CT molecular complexity index is 793. The number of alkyl halides is 3. The van der Waals surface area contributed by atoms with E-state index in [0.717, 1.165) is 11.6 Å². The standard InChI is InChI=1S/C14H10F3N5/c1-8-2-3-9(19-5-8)11-6-18-7-12(20-11)10-4-13(22-21-10)14(15,16)17/h2-7H,1H3,(H,21,22). The van der Waals surface area contributed by atoms with Crippen molar-refractivity contribution < 1.29 is 13.2 Å². The number of aryl methyl sites for hydroxylation is 1. The molecule has 0 aliphatic carbocycles. The molecule has 112 valence electrons. The molecule has 0 radical (unpaired) electrons. The topological polar surface area (TPSA) is 67.3 Å². The first kappa shape index (κ1) is 14.2. The van der Waals surface area contributed by atoms with Crippen LogP contribution in [0.2, 0.25) is 0 Å². The molecule has 0 atom stereocenters. The van der Waals surface area contributed by atoms with Gasteiger partial charge in [0.1, 0.15) is 11.4 Å². The van der Waals surface area contributed by atoms with E-state index in [1.807, 2.05) is 13.0 Å². The molecule has 0 aromatic carbocycles. The molecule has 0 spiro atoms. The zero-order chi connectivity index (χ0) is 15.7. The van der Waals surface area contributed by atoms with Crippen LogP contribution in [0.25, 0.3) is 22.8 Å². The van der Waals surface area contributed by atoms with Gasteiger partial charge in [-0.3, -0.25) is 15.1 Å². The number of halogens is 3. The van der Waals surface area contributed by atoms with Gasteiger partial charge in [-0.05, 0) is 24.6 Å². The van der Waals surface area contributed by atoms with Gasteiger partial charge in [0.05, 0.1) is 23.8 Å². The number of rotatable bonds is 2. The van der Waals surface area contributed by atoms with Crippen LogP contribution in [0.15, 0.2) is 36.8 Å². The summed E-state index contributed by atoms with van der Waals surface area (Å²) in [6.07, 6.45) is 0.0491. The van der Waals surface area contributed by atoms with E-state index in [2.05, 4.69) is 25.1 Å². The summed E-state index contributed by atoms with van der Waals surface area (Å²) in [6.45, 7) is 1.90. The van der Waals surface area contributed by atoms with Gasteiger partial charge in [0, 0.05) is 6.20 Å². The third-order valence-electron chi connectivity index (χ3n) is 2.95. The van der Waals surface area contributed by atoms with Crippen LogP contribution in [-0.4, -0.2) is 25.1 Å². The van der Waals surface area contributed by atoms with Crippen molar-refractivity contribution in [3.63, 3.8) is 0 Å². The highest BCUT2D eigenvalue weighted by molar-refractivity contribution is 5.60. The molecule has 0 aliphatic rings. The zero-order valence-corrected chi connectivity index (χ0v) is 11.4. The molecule has 1 N–H and O–H groups in total. The smallest absolute Gasteiger partial charge is 0.276 e. The van der Waals surface area contributed by atoms with E-state index < -0.39 is 11.9 Å². The first-order chi connectivity index (χ1) is 10.4. The molecule has 8 heteroatoms. The summed E-state index contributed by atoms with van der Waals surface area (Å²) in [5, 5.41) is 5.57. The van der Waals surface area contributed by atoms with Crippen molar-refractivity contribution in [2.45, 2.75) is 13.1 Å². The highest BCUT2D eigenvalue weighted by Crippen LogP contribution is 2.30. The molecule has 3 aromatic heterocycles. The molecule has 22 heavy (non-hydrogen) atoms. The number of hydrogen-bond donors (Lipinski definition) is 1. The van der Waals surface area contributed by atoms with Crippen molar-refractivity contribution in [1.29, 1.82) is 0 Å². The van der Waals surface area contributed by atoms with E-state index in [0.29, 0.717) is 11.4 Å². The fourth-order valence-electron chi connectivity index (χ4n) is 1.84. The summed E-state index contributed by atoms with van der Waals surface area (Å²) in [5.41, 5.74) is 1.48. The number of pyridine rings is 1. The minimum atomic E-state index is -4.50. The van der Waals surface area contributed by atoms with Crippen molar-refractivity contribution in [3.05, 3.63) is 48.0 Å². The number of aromatic amines is 1. The normalized spacial score (nSPS) is 11.6. The Hall–Kier alpha value is -2.77. The Kier molecular flexibility index (Phi) is 3.36. The van der Waals surface area contributed by atoms with E-state index >= 15 is 0 Å². The van der Waals surface area contributed by atoms with Crippen molar-refractivity contribution in [3.8, 4) is 22.8 Å². The van der Waals surface area contributed by atoms with Crippen LogP contribution >= 0.6 is 0 Å². The molecule has 3 heterocycles. The third kappa shape index (κ3) is 2.80. The van der Waals surface area contributed by atoms with Gasteiger partial charge in [0.25, 0.3) is 0 Å². The van der Waals surface area contributed by atoms with Crippen LogP contribution < -0.4 is 0 Å². The van der Waals surface area contributed by atoms with Crippen LogP contribution in [0.3, 0.4) is 0 Å². The predicted octanol–water partition coefficient (Wildman–Crippen LogP) is 3.26. The van der Waals surface area contributed by atoms with Gasteiger partial charge in [-0.25, -0.2) is 4.98 Å². The zero-order valence-electron chi connectivity index (χ0n) is 11.4. The second-order valence-electron chi connectivity index (χ2n) is 4.67. The highest BCUT2D eigenvalue weighted by Gasteiger charge is 2.34. The first-order valence-electron chi connectivity index (χ1n) is 6.31. The first-order valence-corrected chi connectivity index (χ1v) is 6.31. The Morgan fingerprint density at radius 2 is 1.77 bits per heavy atom. The molecular formula is C14H10F3N5. The summed E-state index contributed by atoms with van der Waals surface area (Å²) in [7, 11) is 0. The second-order valence-corrected chi connectivity index (χ2v) is 4.67. The highest BCUT2D eigenvalue weighted by atomic mass is 19.4. The molecular weight excluding hydrogens is 295 g/mol. The fourth-order valence-corrected chi connectivity index (χ4v) is 1.84. The Balaban J connectivity index is 1.97. The summed E-state index contributed by atoms with van der Waals surface area (Å²) in [4.78, 5) is 12.5. The average molecular weight is 305 g/mol. The van der Waals surface area contributed by atoms with Gasteiger partial charge in [-0.15, -0.1) is 0 Å². The minimum Gasteiger partial charge on any atom is -0.276 e. The quantitative estimate of drug-likeness (QED) is 0.789. The fraction of sp³-hybridized carbons (Fsp3) is 0.143. The van der Waals surface area contributed by atoms with E-state index in [1.165, 1.54) is 12.4 Å². The van der Waals surface area contributed by atoms with Gasteiger partial charge < -0.3 is 0 Å². The van der Waals surface area contributed by atoms with Gasteiger partial charge in [-0.1, -0.05) is 6.07 Å². The monoisotopic (exact) mass is 305 g/mol. The lowest BCUT2D eigenvalue weighted by atomic mass is 10.2. The number of nitrogens with one attached hydrogen (secondary N) is 1. The van der Waals surface area contributed by atoms with Crippen LogP contribution in [0.5, 0.6) is 0 Å². The number of hydrogen-bond acceptors (Lipinski definition) is 4. The molecule has 0 bridgehead atoms. The molecule has 0 saturated heterocycles. The van der Waals surface area contributed by atoms with Crippen molar-refractivity contribution >= 4 is 0 Å².